The lowest BCUT2D eigenvalue weighted by Crippen LogP contribution is -2.37. The largest absolute Gasteiger partial charge is 0.495 e. The summed E-state index contributed by atoms with van der Waals surface area (Å²) in [6.07, 6.45) is 2.72. The van der Waals surface area contributed by atoms with Crippen LogP contribution in [0.25, 0.3) is 0 Å². The second-order valence-electron chi connectivity index (χ2n) is 7.06. The van der Waals surface area contributed by atoms with E-state index in [0.29, 0.717) is 17.9 Å². The highest BCUT2D eigenvalue weighted by Crippen LogP contribution is 2.33. The topological polar surface area (TPSA) is 66.9 Å². The number of sulfonamides is 1. The highest BCUT2D eigenvalue weighted by atomic mass is 32.2. The molecule has 28 heavy (non-hydrogen) atoms. The van der Waals surface area contributed by atoms with Crippen LogP contribution >= 0.6 is 0 Å². The van der Waals surface area contributed by atoms with Gasteiger partial charge in [0.2, 0.25) is 15.9 Å². The van der Waals surface area contributed by atoms with Gasteiger partial charge in [0.05, 0.1) is 19.1 Å². The Morgan fingerprint density at radius 3 is 2.57 bits per heavy atom. The van der Waals surface area contributed by atoms with Gasteiger partial charge in [0, 0.05) is 24.7 Å². The predicted octanol–water partition coefficient (Wildman–Crippen LogP) is 3.22. The van der Waals surface area contributed by atoms with Gasteiger partial charge < -0.3 is 9.64 Å². The van der Waals surface area contributed by atoms with Crippen molar-refractivity contribution in [2.24, 2.45) is 0 Å². The first-order valence-electron chi connectivity index (χ1n) is 9.33. The smallest absolute Gasteiger partial charge is 0.232 e. The van der Waals surface area contributed by atoms with E-state index in [9.17, 15) is 13.2 Å². The molecule has 7 heteroatoms. The predicted molar refractivity (Wildman–Crippen MR) is 112 cm³/mol. The van der Waals surface area contributed by atoms with Crippen molar-refractivity contribution in [2.45, 2.75) is 32.2 Å². The molecule has 3 rings (SSSR count). The Kier molecular flexibility index (Phi) is 5.93. The summed E-state index contributed by atoms with van der Waals surface area (Å²) in [5, 5.41) is 0. The van der Waals surface area contributed by atoms with Crippen molar-refractivity contribution in [3.05, 3.63) is 54.1 Å². The number of benzene rings is 2. The molecule has 2 aromatic rings. The fourth-order valence-electron chi connectivity index (χ4n) is 3.74. The normalized spacial score (nSPS) is 16.0. The third kappa shape index (κ3) is 4.14. The van der Waals surface area contributed by atoms with Crippen LogP contribution in [0.2, 0.25) is 0 Å². The van der Waals surface area contributed by atoms with Gasteiger partial charge >= 0.3 is 0 Å². The number of rotatable bonds is 7. The van der Waals surface area contributed by atoms with Crippen LogP contribution < -0.4 is 13.9 Å². The summed E-state index contributed by atoms with van der Waals surface area (Å²) >= 11 is 0. The first kappa shape index (κ1) is 20.2. The van der Waals surface area contributed by atoms with Crippen molar-refractivity contribution >= 4 is 27.3 Å². The van der Waals surface area contributed by atoms with Crippen molar-refractivity contribution in [1.82, 2.24) is 0 Å². The lowest BCUT2D eigenvalue weighted by atomic mass is 10.1. The van der Waals surface area contributed by atoms with Gasteiger partial charge in [-0.05, 0) is 43.5 Å². The number of amides is 1. The average Bonchev–Trinajstić information content (AvgIpc) is 3.00. The van der Waals surface area contributed by atoms with Gasteiger partial charge in [0.25, 0.3) is 0 Å². The Morgan fingerprint density at radius 1 is 1.18 bits per heavy atom. The Hall–Kier alpha value is -2.54. The molecular formula is C21H26N2O4S. The summed E-state index contributed by atoms with van der Waals surface area (Å²) in [7, 11) is -1.99. The van der Waals surface area contributed by atoms with Crippen molar-refractivity contribution in [1.29, 1.82) is 0 Å². The molecule has 0 saturated heterocycles. The van der Waals surface area contributed by atoms with Crippen LogP contribution in [-0.4, -0.2) is 40.3 Å². The lowest BCUT2D eigenvalue weighted by molar-refractivity contribution is -0.118. The van der Waals surface area contributed by atoms with Crippen molar-refractivity contribution in [2.75, 3.05) is 29.1 Å². The number of methoxy groups -OCH3 is 1. The lowest BCUT2D eigenvalue weighted by Gasteiger charge is -2.26. The summed E-state index contributed by atoms with van der Waals surface area (Å²) < 4.78 is 31.3. The van der Waals surface area contributed by atoms with Gasteiger partial charge in [-0.15, -0.1) is 0 Å². The number of carbonyl (C=O) groups excluding carboxylic acids is 1. The molecule has 2 aromatic carbocycles. The third-order valence-corrected chi connectivity index (χ3v) is 6.16. The van der Waals surface area contributed by atoms with Crippen molar-refractivity contribution in [3.63, 3.8) is 0 Å². The first-order valence-corrected chi connectivity index (χ1v) is 11.2. The van der Waals surface area contributed by atoms with E-state index in [0.717, 1.165) is 12.1 Å². The number of hydrogen-bond donors (Lipinski definition) is 0. The van der Waals surface area contributed by atoms with Gasteiger partial charge in [-0.2, -0.15) is 0 Å². The number of fused-ring (bicyclic) bond motifs is 1. The van der Waals surface area contributed by atoms with Crippen LogP contribution in [0.1, 0.15) is 25.3 Å². The van der Waals surface area contributed by atoms with E-state index in [4.69, 9.17) is 4.74 Å². The van der Waals surface area contributed by atoms with Crippen LogP contribution in [0.4, 0.5) is 11.4 Å². The minimum Gasteiger partial charge on any atom is -0.495 e. The van der Waals surface area contributed by atoms with Crippen LogP contribution in [0.3, 0.4) is 0 Å². The molecule has 1 aliphatic rings. The summed E-state index contributed by atoms with van der Waals surface area (Å²) in [5.41, 5.74) is 2.62. The number of anilines is 2. The molecule has 0 spiro atoms. The number of ether oxygens (including phenoxy) is 1. The maximum atomic E-state index is 12.8. The number of nitrogens with zero attached hydrogens (tertiary/aromatic N) is 2. The Labute approximate surface area is 166 Å². The average molecular weight is 403 g/mol. The van der Waals surface area contributed by atoms with Gasteiger partial charge in [-0.1, -0.05) is 30.3 Å². The van der Waals surface area contributed by atoms with Gasteiger partial charge in [0.15, 0.2) is 0 Å². The van der Waals surface area contributed by atoms with E-state index in [2.05, 4.69) is 0 Å². The molecule has 0 unspecified atom stereocenters. The molecular weight excluding hydrogens is 376 g/mol. The molecule has 0 radical (unpaired) electrons. The first-order chi connectivity index (χ1) is 13.3. The van der Waals surface area contributed by atoms with Crippen LogP contribution in [0, 0.1) is 0 Å². The Balaban J connectivity index is 1.71. The molecule has 0 aromatic heterocycles. The summed E-state index contributed by atoms with van der Waals surface area (Å²) in [6.45, 7) is 2.25. The van der Waals surface area contributed by atoms with E-state index in [1.807, 2.05) is 36.1 Å². The monoisotopic (exact) mass is 402 g/mol. The highest BCUT2D eigenvalue weighted by Gasteiger charge is 2.30. The minimum absolute atomic E-state index is 0.0194. The van der Waals surface area contributed by atoms with Gasteiger partial charge in [0.1, 0.15) is 5.75 Å². The van der Waals surface area contributed by atoms with Crippen molar-refractivity contribution in [3.8, 4) is 5.75 Å². The highest BCUT2D eigenvalue weighted by molar-refractivity contribution is 7.92. The molecule has 1 aliphatic heterocycles. The second kappa shape index (κ2) is 8.22. The van der Waals surface area contributed by atoms with E-state index in [1.54, 1.807) is 24.3 Å². The Morgan fingerprint density at radius 2 is 1.86 bits per heavy atom. The zero-order valence-corrected chi connectivity index (χ0v) is 17.3. The van der Waals surface area contributed by atoms with Gasteiger partial charge in [-0.3, -0.25) is 9.10 Å². The summed E-state index contributed by atoms with van der Waals surface area (Å²) in [4.78, 5) is 14.7. The number of carbonyl (C=O) groups is 1. The fraction of sp³-hybridized carbons (Fsp3) is 0.381. The molecule has 0 N–H and O–H groups in total. The Bertz CT molecular complexity index is 958. The summed E-state index contributed by atoms with van der Waals surface area (Å²) in [5.74, 6) is 0.507. The number of hydrogen-bond acceptors (Lipinski definition) is 4. The van der Waals surface area contributed by atoms with E-state index < -0.39 is 10.0 Å². The second-order valence-corrected chi connectivity index (χ2v) is 8.96. The van der Waals surface area contributed by atoms with Crippen LogP contribution in [0.15, 0.2) is 48.5 Å². The van der Waals surface area contributed by atoms with E-state index >= 15 is 0 Å². The van der Waals surface area contributed by atoms with E-state index in [-0.39, 0.29) is 24.9 Å². The molecule has 0 saturated carbocycles. The SMILES string of the molecule is COc1ccccc1N(CCCC(=O)N1c2ccccc2C[C@H]1C)S(C)(=O)=O. The molecule has 1 heterocycles. The molecule has 0 bridgehead atoms. The van der Waals surface area contributed by atoms with Gasteiger partial charge in [-0.25, -0.2) is 8.42 Å². The van der Waals surface area contributed by atoms with Crippen LogP contribution in [-0.2, 0) is 21.2 Å². The third-order valence-electron chi connectivity index (χ3n) is 4.98. The van der Waals surface area contributed by atoms with E-state index in [1.165, 1.54) is 23.2 Å². The minimum atomic E-state index is -3.50. The van der Waals surface area contributed by atoms with Crippen molar-refractivity contribution < 1.29 is 17.9 Å². The molecule has 0 aliphatic carbocycles. The molecule has 150 valence electrons. The maximum Gasteiger partial charge on any atom is 0.232 e. The molecule has 1 atom stereocenters. The fourth-order valence-corrected chi connectivity index (χ4v) is 4.71. The standard InChI is InChI=1S/C21H26N2O4S/c1-16-15-17-9-4-5-10-18(17)23(16)21(24)13-8-14-22(28(3,25)26)19-11-6-7-12-20(19)27-2/h4-7,9-12,16H,8,13-15H2,1-3H3/t16-/m1/s1. The molecule has 6 nitrogen and oxygen atoms in total. The number of para-hydroxylation sites is 3. The summed E-state index contributed by atoms with van der Waals surface area (Å²) in [6, 6.07) is 15.0. The maximum absolute atomic E-state index is 12.8. The van der Waals surface area contributed by atoms with Crippen LogP contribution in [0.5, 0.6) is 5.75 Å². The zero-order chi connectivity index (χ0) is 20.3. The molecule has 1 amide bonds. The zero-order valence-electron chi connectivity index (χ0n) is 16.5. The molecule has 0 fully saturated rings. The quantitative estimate of drug-likeness (QED) is 0.713.